The van der Waals surface area contributed by atoms with Gasteiger partial charge in [-0.15, -0.1) is 12.3 Å². The van der Waals surface area contributed by atoms with E-state index in [0.29, 0.717) is 5.92 Å². The molecule has 0 aliphatic rings. The third-order valence-corrected chi connectivity index (χ3v) is 2.26. The predicted octanol–water partition coefficient (Wildman–Crippen LogP) is 2.04. The van der Waals surface area contributed by atoms with Gasteiger partial charge in [0.15, 0.2) is 0 Å². The molecule has 0 aliphatic heterocycles. The molecule has 0 aromatic carbocycles. The van der Waals surface area contributed by atoms with E-state index in [1.165, 1.54) is 0 Å². The lowest BCUT2D eigenvalue weighted by Gasteiger charge is -2.05. The average molecular weight is 219 g/mol. The van der Waals surface area contributed by atoms with E-state index < -0.39 is 0 Å². The van der Waals surface area contributed by atoms with Crippen molar-refractivity contribution in [3.63, 3.8) is 0 Å². The highest BCUT2D eigenvalue weighted by Gasteiger charge is 1.99. The minimum Gasteiger partial charge on any atom is -0.311 e. The van der Waals surface area contributed by atoms with Crippen molar-refractivity contribution >= 4 is 0 Å². The van der Waals surface area contributed by atoms with Crippen LogP contribution in [-0.2, 0) is 13.1 Å². The van der Waals surface area contributed by atoms with E-state index in [9.17, 15) is 0 Å². The molecule has 0 saturated heterocycles. The van der Waals surface area contributed by atoms with Crippen LogP contribution in [0.15, 0.2) is 12.3 Å². The van der Waals surface area contributed by atoms with Crippen molar-refractivity contribution in [3.8, 4) is 12.3 Å². The minimum atomic E-state index is 0.678. The molecule has 0 aliphatic carbocycles. The molecule has 0 radical (unpaired) electrons. The van der Waals surface area contributed by atoms with Gasteiger partial charge in [0.2, 0.25) is 0 Å². The minimum absolute atomic E-state index is 0.678. The Kier molecular flexibility index (Phi) is 5.66. The first-order valence-electron chi connectivity index (χ1n) is 5.89. The van der Waals surface area contributed by atoms with E-state index >= 15 is 0 Å². The second-order valence-electron chi connectivity index (χ2n) is 4.40. The monoisotopic (exact) mass is 219 g/mol. The number of unbranched alkanes of at least 4 members (excludes halogenated alkanes) is 1. The Morgan fingerprint density at radius 1 is 1.56 bits per heavy atom. The number of hydrogen-bond donors (Lipinski definition) is 1. The summed E-state index contributed by atoms with van der Waals surface area (Å²) in [4.78, 5) is 0. The quantitative estimate of drug-likeness (QED) is 0.562. The van der Waals surface area contributed by atoms with Gasteiger partial charge in [-0.2, -0.15) is 5.10 Å². The van der Waals surface area contributed by atoms with Crippen LogP contribution in [0.5, 0.6) is 0 Å². The first-order chi connectivity index (χ1) is 7.72. The van der Waals surface area contributed by atoms with E-state index in [4.69, 9.17) is 6.42 Å². The van der Waals surface area contributed by atoms with Crippen LogP contribution in [0.2, 0.25) is 0 Å². The zero-order chi connectivity index (χ0) is 11.8. The maximum absolute atomic E-state index is 5.20. The number of hydrogen-bond acceptors (Lipinski definition) is 2. The topological polar surface area (TPSA) is 29.9 Å². The van der Waals surface area contributed by atoms with Crippen LogP contribution in [0.4, 0.5) is 0 Å². The van der Waals surface area contributed by atoms with E-state index in [1.807, 2.05) is 10.9 Å². The molecule has 0 unspecified atom stereocenters. The smallest absolute Gasteiger partial charge is 0.0762 e. The van der Waals surface area contributed by atoms with Crippen molar-refractivity contribution in [2.24, 2.45) is 5.92 Å². The molecule has 1 heterocycles. The summed E-state index contributed by atoms with van der Waals surface area (Å²) in [6.45, 7) is 7.19. The lowest BCUT2D eigenvalue weighted by Crippen LogP contribution is -2.19. The molecule has 0 bridgehead atoms. The molecule has 1 N–H and O–H groups in total. The Morgan fingerprint density at radius 3 is 3.06 bits per heavy atom. The number of aryl methyl sites for hydroxylation is 1. The lowest BCUT2D eigenvalue weighted by atomic mass is 10.2. The van der Waals surface area contributed by atoms with Gasteiger partial charge in [0.05, 0.1) is 5.69 Å². The first-order valence-corrected chi connectivity index (χ1v) is 5.89. The fourth-order valence-electron chi connectivity index (χ4n) is 1.45. The average Bonchev–Trinajstić information content (AvgIpc) is 2.66. The summed E-state index contributed by atoms with van der Waals surface area (Å²) in [6.07, 6.45) is 9.04. The Bertz CT molecular complexity index is 333. The molecule has 0 spiro atoms. The lowest BCUT2D eigenvalue weighted by molar-refractivity contribution is 0.535. The molecule has 3 nitrogen and oxygen atoms in total. The molecular formula is C13H21N3. The summed E-state index contributed by atoms with van der Waals surface area (Å²) >= 11 is 0. The van der Waals surface area contributed by atoms with Crippen LogP contribution in [0.25, 0.3) is 0 Å². The van der Waals surface area contributed by atoms with Gasteiger partial charge < -0.3 is 5.32 Å². The Hall–Kier alpha value is -1.27. The van der Waals surface area contributed by atoms with E-state index in [0.717, 1.165) is 38.2 Å². The summed E-state index contributed by atoms with van der Waals surface area (Å²) in [5.74, 6) is 3.32. The van der Waals surface area contributed by atoms with Crippen molar-refractivity contribution in [1.82, 2.24) is 15.1 Å². The number of rotatable bonds is 7. The van der Waals surface area contributed by atoms with Gasteiger partial charge in [-0.3, -0.25) is 4.68 Å². The van der Waals surface area contributed by atoms with E-state index in [2.05, 4.69) is 36.2 Å². The number of nitrogens with zero attached hydrogens (tertiary/aromatic N) is 2. The highest BCUT2D eigenvalue weighted by atomic mass is 15.3. The van der Waals surface area contributed by atoms with Crippen LogP contribution in [-0.4, -0.2) is 16.3 Å². The molecular weight excluding hydrogens is 198 g/mol. The summed E-state index contributed by atoms with van der Waals surface area (Å²) in [6, 6.07) is 2.06. The zero-order valence-electron chi connectivity index (χ0n) is 10.2. The van der Waals surface area contributed by atoms with Gasteiger partial charge in [-0.05, 0) is 24.9 Å². The number of terminal acetylenes is 1. The molecule has 0 saturated carbocycles. The third kappa shape index (κ3) is 4.99. The summed E-state index contributed by atoms with van der Waals surface area (Å²) in [5, 5.41) is 7.84. The van der Waals surface area contributed by atoms with Crippen LogP contribution >= 0.6 is 0 Å². The summed E-state index contributed by atoms with van der Waals surface area (Å²) in [7, 11) is 0. The van der Waals surface area contributed by atoms with Crippen molar-refractivity contribution in [2.75, 3.05) is 6.54 Å². The van der Waals surface area contributed by atoms with Gasteiger partial charge in [-0.25, -0.2) is 0 Å². The van der Waals surface area contributed by atoms with Gasteiger partial charge >= 0.3 is 0 Å². The van der Waals surface area contributed by atoms with Crippen molar-refractivity contribution < 1.29 is 0 Å². The van der Waals surface area contributed by atoms with E-state index in [1.54, 1.807) is 0 Å². The van der Waals surface area contributed by atoms with Crippen molar-refractivity contribution in [3.05, 3.63) is 18.0 Å². The van der Waals surface area contributed by atoms with Crippen molar-refractivity contribution in [2.45, 2.75) is 39.8 Å². The summed E-state index contributed by atoms with van der Waals surface area (Å²) in [5.41, 5.74) is 1.10. The second-order valence-corrected chi connectivity index (χ2v) is 4.40. The van der Waals surface area contributed by atoms with Gasteiger partial charge in [0.25, 0.3) is 0 Å². The van der Waals surface area contributed by atoms with Crippen LogP contribution in [0.1, 0.15) is 32.4 Å². The fraction of sp³-hybridized carbons (Fsp3) is 0.615. The largest absolute Gasteiger partial charge is 0.311 e. The van der Waals surface area contributed by atoms with Gasteiger partial charge in [0.1, 0.15) is 0 Å². The standard InChI is InChI=1S/C13H21N3/c1-4-5-6-8-16-9-7-13(15-16)11-14-10-12(2)3/h1,7,9,12,14H,5-6,8,10-11H2,2-3H3. The van der Waals surface area contributed by atoms with Crippen molar-refractivity contribution in [1.29, 1.82) is 0 Å². The molecule has 0 amide bonds. The normalized spacial score (nSPS) is 10.6. The van der Waals surface area contributed by atoms with Crippen LogP contribution < -0.4 is 5.32 Å². The highest BCUT2D eigenvalue weighted by Crippen LogP contribution is 1.99. The number of aromatic nitrogens is 2. The molecule has 16 heavy (non-hydrogen) atoms. The Morgan fingerprint density at radius 2 is 2.38 bits per heavy atom. The maximum Gasteiger partial charge on any atom is 0.0762 e. The zero-order valence-corrected chi connectivity index (χ0v) is 10.2. The second kappa shape index (κ2) is 7.08. The molecule has 3 heteroatoms. The highest BCUT2D eigenvalue weighted by molar-refractivity contribution is 4.98. The Labute approximate surface area is 98.2 Å². The number of nitrogens with one attached hydrogen (secondary N) is 1. The van der Waals surface area contributed by atoms with Gasteiger partial charge in [-0.1, -0.05) is 13.8 Å². The van der Waals surface area contributed by atoms with Gasteiger partial charge in [0, 0.05) is 25.7 Å². The fourth-order valence-corrected chi connectivity index (χ4v) is 1.45. The molecule has 1 rings (SSSR count). The SMILES string of the molecule is C#CCCCn1ccc(CNCC(C)C)n1. The Balaban J connectivity index is 2.26. The first kappa shape index (κ1) is 12.8. The van der Waals surface area contributed by atoms with Crippen LogP contribution in [0.3, 0.4) is 0 Å². The third-order valence-electron chi connectivity index (χ3n) is 2.26. The molecule has 1 aromatic rings. The summed E-state index contributed by atoms with van der Waals surface area (Å²) < 4.78 is 1.96. The molecule has 1 aromatic heterocycles. The molecule has 0 atom stereocenters. The molecule has 88 valence electrons. The van der Waals surface area contributed by atoms with E-state index in [-0.39, 0.29) is 0 Å². The molecule has 0 fully saturated rings. The van der Waals surface area contributed by atoms with Crippen LogP contribution in [0, 0.1) is 18.3 Å². The maximum atomic E-state index is 5.20. The predicted molar refractivity (Wildman–Crippen MR) is 66.8 cm³/mol.